The topological polar surface area (TPSA) is 122 Å². The summed E-state index contributed by atoms with van der Waals surface area (Å²) in [4.78, 5) is 23.7. The Bertz CT molecular complexity index is 823. The van der Waals surface area contributed by atoms with Crippen LogP contribution in [0.2, 0.25) is 0 Å². The van der Waals surface area contributed by atoms with Gasteiger partial charge in [-0.25, -0.2) is 13.1 Å². The van der Waals surface area contributed by atoms with Crippen LogP contribution in [0.5, 0.6) is 0 Å². The van der Waals surface area contributed by atoms with Crippen molar-refractivity contribution >= 4 is 21.8 Å². The number of amides is 2. The molecule has 0 radical (unpaired) electrons. The molecule has 0 fully saturated rings. The zero-order valence-electron chi connectivity index (χ0n) is 13.2. The largest absolute Gasteiger partial charge is 0.459 e. The number of hydrogen-bond donors (Lipinski definition) is 3. The number of furan rings is 1. The van der Waals surface area contributed by atoms with E-state index in [-0.39, 0.29) is 35.3 Å². The van der Waals surface area contributed by atoms with Crippen LogP contribution in [0.1, 0.15) is 21.0 Å². The summed E-state index contributed by atoms with van der Waals surface area (Å²) in [7, 11) is -0.746. The van der Waals surface area contributed by atoms with Crippen molar-refractivity contribution < 1.29 is 22.4 Å². The monoisotopic (exact) mass is 354 g/mol. The zero-order valence-corrected chi connectivity index (χ0v) is 14.0. The van der Waals surface area contributed by atoms with Crippen molar-refractivity contribution in [3.05, 3.63) is 42.1 Å². The maximum absolute atomic E-state index is 12.1. The van der Waals surface area contributed by atoms with E-state index in [1.54, 1.807) is 13.1 Å². The van der Waals surface area contributed by atoms with Crippen LogP contribution in [0.3, 0.4) is 0 Å². The number of carbonyl (C=O) groups is 2. The molecule has 0 aliphatic carbocycles. The van der Waals surface area contributed by atoms with Crippen molar-refractivity contribution in [2.45, 2.75) is 4.90 Å². The molecule has 3 N–H and O–H groups in total. The standard InChI is InChI=1S/C14H18N4O5S/c1-15-24(21,22)10-8-11(18(2)9-10)13(19)16-5-6-17-14(20)12-4-3-7-23-12/h3-4,7-9,15H,5-6H2,1-2H3,(H,16,19)(H,17,20). The van der Waals surface area contributed by atoms with Gasteiger partial charge in [0.15, 0.2) is 5.76 Å². The van der Waals surface area contributed by atoms with Crippen LogP contribution in [0.4, 0.5) is 0 Å². The normalized spacial score (nSPS) is 11.2. The molecule has 0 atom stereocenters. The van der Waals surface area contributed by atoms with Gasteiger partial charge in [-0.1, -0.05) is 0 Å². The SMILES string of the molecule is CNS(=O)(=O)c1cc(C(=O)NCCNC(=O)c2ccco2)n(C)c1. The Morgan fingerprint density at radius 2 is 1.88 bits per heavy atom. The minimum atomic E-state index is -3.61. The van der Waals surface area contributed by atoms with Crippen LogP contribution in [0.15, 0.2) is 40.0 Å². The van der Waals surface area contributed by atoms with Gasteiger partial charge in [-0.05, 0) is 25.2 Å². The first-order valence-electron chi connectivity index (χ1n) is 7.05. The fourth-order valence-electron chi connectivity index (χ4n) is 1.96. The Morgan fingerprint density at radius 3 is 2.46 bits per heavy atom. The number of sulfonamides is 1. The van der Waals surface area contributed by atoms with Gasteiger partial charge in [0.25, 0.3) is 11.8 Å². The average molecular weight is 354 g/mol. The molecule has 0 aliphatic rings. The molecule has 130 valence electrons. The second-order valence-corrected chi connectivity index (χ2v) is 6.76. The Morgan fingerprint density at radius 1 is 1.21 bits per heavy atom. The summed E-state index contributed by atoms with van der Waals surface area (Å²) in [5, 5.41) is 5.19. The Balaban J connectivity index is 1.88. The van der Waals surface area contributed by atoms with Crippen LogP contribution >= 0.6 is 0 Å². The molecule has 0 unspecified atom stereocenters. The lowest BCUT2D eigenvalue weighted by molar-refractivity contribution is 0.0908. The van der Waals surface area contributed by atoms with E-state index in [0.29, 0.717) is 0 Å². The third kappa shape index (κ3) is 4.03. The van der Waals surface area contributed by atoms with Gasteiger partial charge in [-0.3, -0.25) is 9.59 Å². The average Bonchev–Trinajstić information content (AvgIpc) is 3.20. The number of nitrogens with zero attached hydrogens (tertiary/aromatic N) is 1. The fraction of sp³-hybridized carbons (Fsp3) is 0.286. The highest BCUT2D eigenvalue weighted by Gasteiger charge is 2.19. The van der Waals surface area contributed by atoms with E-state index in [1.165, 1.54) is 36.2 Å². The van der Waals surface area contributed by atoms with Crippen molar-refractivity contribution in [3.8, 4) is 0 Å². The minimum absolute atomic E-state index is 0.00349. The summed E-state index contributed by atoms with van der Waals surface area (Å²) in [5.41, 5.74) is 0.196. The molecule has 2 heterocycles. The van der Waals surface area contributed by atoms with Gasteiger partial charge in [-0.2, -0.15) is 0 Å². The van der Waals surface area contributed by atoms with Crippen LogP contribution in [-0.4, -0.2) is 44.9 Å². The van der Waals surface area contributed by atoms with Crippen molar-refractivity contribution in [1.29, 1.82) is 0 Å². The third-order valence-corrected chi connectivity index (χ3v) is 4.61. The number of aromatic nitrogens is 1. The van der Waals surface area contributed by atoms with E-state index in [4.69, 9.17) is 4.42 Å². The van der Waals surface area contributed by atoms with Crippen molar-refractivity contribution in [2.75, 3.05) is 20.1 Å². The highest BCUT2D eigenvalue weighted by atomic mass is 32.2. The lowest BCUT2D eigenvalue weighted by atomic mass is 10.4. The third-order valence-electron chi connectivity index (χ3n) is 3.23. The first-order valence-corrected chi connectivity index (χ1v) is 8.53. The molecule has 2 aromatic heterocycles. The molecule has 0 saturated carbocycles. The summed E-state index contributed by atoms with van der Waals surface area (Å²) in [5.74, 6) is -0.636. The molecule has 0 aliphatic heterocycles. The summed E-state index contributed by atoms with van der Waals surface area (Å²) >= 11 is 0. The molecule has 0 spiro atoms. The molecule has 9 nitrogen and oxygen atoms in total. The molecule has 24 heavy (non-hydrogen) atoms. The lowest BCUT2D eigenvalue weighted by Gasteiger charge is -2.06. The van der Waals surface area contributed by atoms with Gasteiger partial charge in [0.05, 0.1) is 6.26 Å². The number of rotatable bonds is 7. The molecule has 0 aromatic carbocycles. The van der Waals surface area contributed by atoms with E-state index >= 15 is 0 Å². The predicted octanol–water partition coefficient (Wildman–Crippen LogP) is -0.314. The summed E-state index contributed by atoms with van der Waals surface area (Å²) in [6, 6.07) is 4.41. The van der Waals surface area contributed by atoms with Gasteiger partial charge in [-0.15, -0.1) is 0 Å². The molecule has 2 rings (SSSR count). The first-order chi connectivity index (χ1) is 11.3. The van der Waals surface area contributed by atoms with E-state index in [2.05, 4.69) is 15.4 Å². The summed E-state index contributed by atoms with van der Waals surface area (Å²) < 4.78 is 32.0. The van der Waals surface area contributed by atoms with Gasteiger partial charge < -0.3 is 19.6 Å². The molecule has 2 aromatic rings. The number of hydrogen-bond acceptors (Lipinski definition) is 5. The van der Waals surface area contributed by atoms with Crippen molar-refractivity contribution in [3.63, 3.8) is 0 Å². The van der Waals surface area contributed by atoms with Crippen LogP contribution < -0.4 is 15.4 Å². The maximum Gasteiger partial charge on any atom is 0.287 e. The van der Waals surface area contributed by atoms with E-state index in [9.17, 15) is 18.0 Å². The first kappa shape index (κ1) is 17.8. The minimum Gasteiger partial charge on any atom is -0.459 e. The highest BCUT2D eigenvalue weighted by Crippen LogP contribution is 2.12. The van der Waals surface area contributed by atoms with E-state index in [1.807, 2.05) is 0 Å². The Kier molecular flexibility index (Phi) is 5.42. The second-order valence-electron chi connectivity index (χ2n) is 4.87. The van der Waals surface area contributed by atoms with E-state index in [0.717, 1.165) is 0 Å². The fourth-order valence-corrected chi connectivity index (χ4v) is 2.76. The van der Waals surface area contributed by atoms with Gasteiger partial charge in [0.2, 0.25) is 10.0 Å². The van der Waals surface area contributed by atoms with Crippen LogP contribution in [-0.2, 0) is 17.1 Å². The van der Waals surface area contributed by atoms with Gasteiger partial charge >= 0.3 is 0 Å². The molecule has 2 amide bonds. The lowest BCUT2D eigenvalue weighted by Crippen LogP contribution is -2.35. The van der Waals surface area contributed by atoms with Crippen molar-refractivity contribution in [2.24, 2.45) is 7.05 Å². The Labute approximate surface area is 139 Å². The smallest absolute Gasteiger partial charge is 0.287 e. The zero-order chi connectivity index (χ0) is 17.7. The second kappa shape index (κ2) is 7.32. The number of nitrogens with one attached hydrogen (secondary N) is 3. The van der Waals surface area contributed by atoms with Crippen LogP contribution in [0, 0.1) is 0 Å². The van der Waals surface area contributed by atoms with Gasteiger partial charge in [0.1, 0.15) is 10.6 Å². The number of carbonyl (C=O) groups excluding carboxylic acids is 2. The van der Waals surface area contributed by atoms with E-state index < -0.39 is 15.9 Å². The van der Waals surface area contributed by atoms with Gasteiger partial charge in [0, 0.05) is 26.3 Å². The maximum atomic E-state index is 12.1. The Hall–Kier alpha value is -2.59. The number of aryl methyl sites for hydroxylation is 1. The highest BCUT2D eigenvalue weighted by molar-refractivity contribution is 7.89. The predicted molar refractivity (Wildman–Crippen MR) is 85.0 cm³/mol. The van der Waals surface area contributed by atoms with Crippen LogP contribution in [0.25, 0.3) is 0 Å². The summed E-state index contributed by atoms with van der Waals surface area (Å²) in [6.07, 6.45) is 2.74. The molecular weight excluding hydrogens is 336 g/mol. The molecule has 0 saturated heterocycles. The molecule has 10 heteroatoms. The van der Waals surface area contributed by atoms with Crippen molar-refractivity contribution in [1.82, 2.24) is 19.9 Å². The quantitative estimate of drug-likeness (QED) is 0.589. The molecule has 0 bridgehead atoms. The summed E-state index contributed by atoms with van der Waals surface area (Å²) in [6.45, 7) is 0.391. The molecular formula is C14H18N4O5S.